The predicted molar refractivity (Wildman–Crippen MR) is 146 cm³/mol. The van der Waals surface area contributed by atoms with Crippen molar-refractivity contribution in [1.82, 2.24) is 5.32 Å². The molecule has 0 fully saturated rings. The van der Waals surface area contributed by atoms with E-state index in [1.54, 1.807) is 67.2 Å². The molecule has 0 unspecified atom stereocenters. The smallest absolute Gasteiger partial charge is 0.264 e. The molecule has 0 radical (unpaired) electrons. The quantitative estimate of drug-likeness (QED) is 0.356. The maximum Gasteiger partial charge on any atom is 0.264 e. The van der Waals surface area contributed by atoms with E-state index in [1.165, 1.54) is 9.87 Å². The van der Waals surface area contributed by atoms with Gasteiger partial charge in [0, 0.05) is 17.0 Å². The number of hydrogen-bond acceptors (Lipinski definition) is 4. The Morgan fingerprint density at radius 2 is 1.51 bits per heavy atom. The van der Waals surface area contributed by atoms with E-state index in [0.29, 0.717) is 11.3 Å². The highest BCUT2D eigenvalue weighted by Gasteiger charge is 2.24. The highest BCUT2D eigenvalue weighted by Crippen LogP contribution is 2.27. The second kappa shape index (κ2) is 10.9. The molecular formula is C28H34N2O3S2. The summed E-state index contributed by atoms with van der Waals surface area (Å²) >= 11 is 1.56. The molecule has 0 saturated carbocycles. The predicted octanol–water partition coefficient (Wildman–Crippen LogP) is 6.41. The molecule has 0 aromatic heterocycles. The van der Waals surface area contributed by atoms with Crippen LogP contribution < -0.4 is 9.62 Å². The third kappa shape index (κ3) is 6.27. The van der Waals surface area contributed by atoms with Crippen LogP contribution in [0.5, 0.6) is 0 Å². The van der Waals surface area contributed by atoms with Crippen molar-refractivity contribution in [2.45, 2.75) is 55.9 Å². The maximum absolute atomic E-state index is 13.2. The largest absolute Gasteiger partial charge is 0.346 e. The van der Waals surface area contributed by atoms with E-state index in [4.69, 9.17) is 0 Å². The van der Waals surface area contributed by atoms with Gasteiger partial charge in [-0.1, -0.05) is 45.0 Å². The molecule has 0 aliphatic rings. The van der Waals surface area contributed by atoms with Crippen molar-refractivity contribution in [1.29, 1.82) is 0 Å². The first-order valence-corrected chi connectivity index (χ1v) is 14.3. The lowest BCUT2D eigenvalue weighted by Gasteiger charge is -2.23. The van der Waals surface area contributed by atoms with Crippen molar-refractivity contribution in [3.8, 4) is 0 Å². The van der Waals surface area contributed by atoms with Gasteiger partial charge in [-0.2, -0.15) is 0 Å². The van der Waals surface area contributed by atoms with Crippen molar-refractivity contribution in [3.63, 3.8) is 0 Å². The average Bonchev–Trinajstić information content (AvgIpc) is 2.84. The van der Waals surface area contributed by atoms with Gasteiger partial charge in [-0.25, -0.2) is 8.42 Å². The number of amides is 1. The molecule has 0 bridgehead atoms. The zero-order valence-electron chi connectivity index (χ0n) is 21.2. The fraction of sp³-hybridized carbons (Fsp3) is 0.321. The first-order chi connectivity index (χ1) is 16.5. The van der Waals surface area contributed by atoms with Crippen molar-refractivity contribution >= 4 is 33.4 Å². The van der Waals surface area contributed by atoms with Gasteiger partial charge in [-0.15, -0.1) is 11.8 Å². The van der Waals surface area contributed by atoms with Gasteiger partial charge in [0.15, 0.2) is 0 Å². The molecule has 5 nitrogen and oxygen atoms in total. The summed E-state index contributed by atoms with van der Waals surface area (Å²) in [5.41, 5.74) is 3.34. The Labute approximate surface area is 214 Å². The van der Waals surface area contributed by atoms with E-state index < -0.39 is 10.0 Å². The van der Waals surface area contributed by atoms with Crippen LogP contribution in [0.15, 0.2) is 82.6 Å². The topological polar surface area (TPSA) is 66.5 Å². The van der Waals surface area contributed by atoms with Gasteiger partial charge in [0.1, 0.15) is 0 Å². The molecule has 3 rings (SSSR count). The first-order valence-electron chi connectivity index (χ1n) is 11.7. The van der Waals surface area contributed by atoms with Crippen LogP contribution in [0.25, 0.3) is 0 Å². The lowest BCUT2D eigenvalue weighted by atomic mass is 9.86. The number of thioether (sulfide) groups is 1. The number of rotatable bonds is 8. The zero-order chi connectivity index (χ0) is 25.8. The molecule has 1 atom stereocenters. The summed E-state index contributed by atoms with van der Waals surface area (Å²) in [6, 6.07) is 21.7. The number of carbonyl (C=O) groups excluding carboxylic acids is 1. The lowest BCUT2D eigenvalue weighted by Crippen LogP contribution is -2.31. The Morgan fingerprint density at radius 3 is 2.00 bits per heavy atom. The fourth-order valence-electron chi connectivity index (χ4n) is 3.78. The Bertz CT molecular complexity index is 1250. The van der Waals surface area contributed by atoms with Crippen molar-refractivity contribution < 1.29 is 13.2 Å². The van der Waals surface area contributed by atoms with Crippen LogP contribution in [-0.4, -0.2) is 27.1 Å². The second-order valence-electron chi connectivity index (χ2n) is 9.46. The minimum Gasteiger partial charge on any atom is -0.346 e. The van der Waals surface area contributed by atoms with Crippen LogP contribution in [-0.2, 0) is 15.4 Å². The number of nitrogens with zero attached hydrogens (tertiary/aromatic N) is 1. The summed E-state index contributed by atoms with van der Waals surface area (Å²) in [5.74, 6) is -0.206. The van der Waals surface area contributed by atoms with Crippen LogP contribution >= 0.6 is 11.8 Å². The van der Waals surface area contributed by atoms with Crippen LogP contribution in [0.4, 0.5) is 5.69 Å². The molecule has 1 amide bonds. The van der Waals surface area contributed by atoms with E-state index >= 15 is 0 Å². The SMILES string of the molecule is CCN(c1ccc(C(=O)N[C@@H](C)c2ccc(C(C)(C)C)cc2)cc1)S(=O)(=O)c1ccc(SC)cc1. The Balaban J connectivity index is 1.73. The normalized spacial score (nSPS) is 12.7. The van der Waals surface area contributed by atoms with Crippen LogP contribution in [0.1, 0.15) is 62.1 Å². The fourth-order valence-corrected chi connectivity index (χ4v) is 5.66. The van der Waals surface area contributed by atoms with Gasteiger partial charge >= 0.3 is 0 Å². The summed E-state index contributed by atoms with van der Waals surface area (Å²) in [6.45, 7) is 10.5. The van der Waals surface area contributed by atoms with Gasteiger partial charge < -0.3 is 5.32 Å². The summed E-state index contributed by atoms with van der Waals surface area (Å²) in [5, 5.41) is 3.03. The highest BCUT2D eigenvalue weighted by atomic mass is 32.2. The molecular weight excluding hydrogens is 476 g/mol. The molecule has 1 N–H and O–H groups in total. The molecule has 0 aliphatic carbocycles. The van der Waals surface area contributed by atoms with Gasteiger partial charge in [0.25, 0.3) is 15.9 Å². The molecule has 35 heavy (non-hydrogen) atoms. The minimum absolute atomic E-state index is 0.0741. The summed E-state index contributed by atoms with van der Waals surface area (Å²) in [7, 11) is -3.71. The molecule has 186 valence electrons. The Kier molecular flexibility index (Phi) is 8.34. The number of benzene rings is 3. The van der Waals surface area contributed by atoms with Gasteiger partial charge in [-0.3, -0.25) is 9.10 Å². The standard InChI is InChI=1S/C28H34N2O3S2/c1-7-30(35(32,33)26-18-16-25(34-6)17-19-26)24-14-10-22(11-15-24)27(31)29-20(2)21-8-12-23(13-9-21)28(3,4)5/h8-20H,7H2,1-6H3,(H,29,31)/t20-/m0/s1. The molecule has 0 saturated heterocycles. The Hall–Kier alpha value is -2.77. The van der Waals surface area contributed by atoms with E-state index in [0.717, 1.165) is 10.5 Å². The highest BCUT2D eigenvalue weighted by molar-refractivity contribution is 7.98. The summed E-state index contributed by atoms with van der Waals surface area (Å²) in [6.07, 6.45) is 1.95. The minimum atomic E-state index is -3.71. The third-order valence-electron chi connectivity index (χ3n) is 5.98. The molecule has 3 aromatic carbocycles. The van der Waals surface area contributed by atoms with E-state index in [1.807, 2.05) is 25.3 Å². The molecule has 7 heteroatoms. The van der Waals surface area contributed by atoms with E-state index in [-0.39, 0.29) is 28.8 Å². The number of hydrogen-bond donors (Lipinski definition) is 1. The Morgan fingerprint density at radius 1 is 0.943 bits per heavy atom. The number of sulfonamides is 1. The van der Waals surface area contributed by atoms with Crippen LogP contribution in [0.2, 0.25) is 0 Å². The zero-order valence-corrected chi connectivity index (χ0v) is 22.8. The number of carbonyl (C=O) groups is 1. The van der Waals surface area contributed by atoms with Crippen LogP contribution in [0, 0.1) is 0 Å². The lowest BCUT2D eigenvalue weighted by molar-refractivity contribution is 0.0940. The summed E-state index contributed by atoms with van der Waals surface area (Å²) in [4.78, 5) is 14.1. The number of nitrogens with one attached hydrogen (secondary N) is 1. The van der Waals surface area contributed by atoms with Crippen molar-refractivity contribution in [2.75, 3.05) is 17.1 Å². The van der Waals surface area contributed by atoms with Crippen molar-refractivity contribution in [2.24, 2.45) is 0 Å². The molecule has 0 spiro atoms. The van der Waals surface area contributed by atoms with Gasteiger partial charge in [0.2, 0.25) is 0 Å². The number of anilines is 1. The molecule has 3 aromatic rings. The second-order valence-corrected chi connectivity index (χ2v) is 12.2. The third-order valence-corrected chi connectivity index (χ3v) is 8.64. The monoisotopic (exact) mass is 510 g/mol. The van der Waals surface area contributed by atoms with Crippen molar-refractivity contribution in [3.05, 3.63) is 89.5 Å². The van der Waals surface area contributed by atoms with E-state index in [2.05, 4.69) is 38.2 Å². The maximum atomic E-state index is 13.2. The van der Waals surface area contributed by atoms with Gasteiger partial charge in [0.05, 0.1) is 16.6 Å². The molecule has 0 aliphatic heterocycles. The molecule has 0 heterocycles. The summed E-state index contributed by atoms with van der Waals surface area (Å²) < 4.78 is 27.8. The van der Waals surface area contributed by atoms with Crippen LogP contribution in [0.3, 0.4) is 0 Å². The van der Waals surface area contributed by atoms with E-state index in [9.17, 15) is 13.2 Å². The average molecular weight is 511 g/mol. The first kappa shape index (κ1) is 26.8. The van der Waals surface area contributed by atoms with Gasteiger partial charge in [-0.05, 0) is 85.2 Å².